The molecule has 7 heteroatoms. The lowest BCUT2D eigenvalue weighted by Crippen LogP contribution is -2.32. The number of thioether (sulfide) groups is 1. The molecular formula is C11H11N3OS3. The second kappa shape index (κ2) is 5.64. The second-order valence-electron chi connectivity index (χ2n) is 3.50. The summed E-state index contributed by atoms with van der Waals surface area (Å²) in [5.41, 5.74) is 1.82. The number of hydrogen-bond acceptors (Lipinski definition) is 5. The van der Waals surface area contributed by atoms with Crippen LogP contribution in [0.3, 0.4) is 0 Å². The van der Waals surface area contributed by atoms with Crippen LogP contribution in [0.2, 0.25) is 0 Å². The van der Waals surface area contributed by atoms with Gasteiger partial charge < -0.3 is 10.6 Å². The average Bonchev–Trinajstić information content (AvgIpc) is 2.69. The monoisotopic (exact) mass is 297 g/mol. The lowest BCUT2D eigenvalue weighted by Gasteiger charge is -2.07. The first-order valence-corrected chi connectivity index (χ1v) is 7.56. The number of amides is 1. The molecule has 2 rings (SSSR count). The SMILES string of the molecule is CSc1nc2ccc(NC(=S)NC(C)=O)cc2s1. The Balaban J connectivity index is 2.19. The number of thiocarbonyl (C=S) groups is 1. The van der Waals surface area contributed by atoms with Crippen molar-refractivity contribution in [3.63, 3.8) is 0 Å². The molecule has 0 aliphatic rings. The van der Waals surface area contributed by atoms with E-state index in [4.69, 9.17) is 12.2 Å². The highest BCUT2D eigenvalue weighted by Crippen LogP contribution is 2.29. The zero-order chi connectivity index (χ0) is 13.1. The summed E-state index contributed by atoms with van der Waals surface area (Å²) in [7, 11) is 0. The van der Waals surface area contributed by atoms with Crippen LogP contribution in [0.5, 0.6) is 0 Å². The zero-order valence-corrected chi connectivity index (χ0v) is 12.3. The molecule has 94 valence electrons. The van der Waals surface area contributed by atoms with Crippen LogP contribution in [0.1, 0.15) is 6.92 Å². The number of carbonyl (C=O) groups is 1. The first kappa shape index (κ1) is 13.3. The maximum atomic E-state index is 10.8. The van der Waals surface area contributed by atoms with Gasteiger partial charge in [0.15, 0.2) is 9.45 Å². The topological polar surface area (TPSA) is 54.0 Å². The van der Waals surface area contributed by atoms with Crippen LogP contribution in [0, 0.1) is 0 Å². The number of rotatable bonds is 2. The smallest absolute Gasteiger partial charge is 0.222 e. The predicted octanol–water partition coefficient (Wildman–Crippen LogP) is 2.85. The van der Waals surface area contributed by atoms with Gasteiger partial charge in [-0.05, 0) is 36.7 Å². The van der Waals surface area contributed by atoms with Gasteiger partial charge >= 0.3 is 0 Å². The molecule has 18 heavy (non-hydrogen) atoms. The van der Waals surface area contributed by atoms with Crippen LogP contribution in [0.25, 0.3) is 10.2 Å². The highest BCUT2D eigenvalue weighted by molar-refractivity contribution is 8.00. The summed E-state index contributed by atoms with van der Waals surface area (Å²) < 4.78 is 2.13. The Hall–Kier alpha value is -1.18. The fourth-order valence-corrected chi connectivity index (χ4v) is 3.18. The number of anilines is 1. The number of thiazole rings is 1. The number of nitrogens with one attached hydrogen (secondary N) is 2. The summed E-state index contributed by atoms with van der Waals surface area (Å²) >= 11 is 8.26. The van der Waals surface area contributed by atoms with Gasteiger partial charge in [0.25, 0.3) is 0 Å². The van der Waals surface area contributed by atoms with E-state index in [1.165, 1.54) is 6.92 Å². The molecule has 1 amide bonds. The molecule has 0 aliphatic heterocycles. The molecule has 0 spiro atoms. The van der Waals surface area contributed by atoms with Crippen molar-refractivity contribution >= 4 is 62.2 Å². The highest BCUT2D eigenvalue weighted by Gasteiger charge is 2.05. The molecule has 0 fully saturated rings. The fraction of sp³-hybridized carbons (Fsp3) is 0.182. The quantitative estimate of drug-likeness (QED) is 0.659. The molecule has 0 bridgehead atoms. The number of nitrogens with zero attached hydrogens (tertiary/aromatic N) is 1. The summed E-state index contributed by atoms with van der Waals surface area (Å²) in [6.07, 6.45) is 2.00. The number of aromatic nitrogens is 1. The van der Waals surface area contributed by atoms with Gasteiger partial charge in [-0.15, -0.1) is 11.3 Å². The van der Waals surface area contributed by atoms with Crippen LogP contribution in [-0.4, -0.2) is 22.3 Å². The van der Waals surface area contributed by atoms with Crippen molar-refractivity contribution < 1.29 is 4.79 Å². The van der Waals surface area contributed by atoms with Crippen molar-refractivity contribution in [2.75, 3.05) is 11.6 Å². The van der Waals surface area contributed by atoms with Gasteiger partial charge in [-0.25, -0.2) is 4.98 Å². The molecule has 0 unspecified atom stereocenters. The van der Waals surface area contributed by atoms with Crippen molar-refractivity contribution in [2.24, 2.45) is 0 Å². The molecule has 0 saturated carbocycles. The standard InChI is InChI=1S/C11H11N3OS3/c1-6(15)12-10(16)13-7-3-4-8-9(5-7)18-11(14-8)17-2/h3-5H,1-2H3,(H2,12,13,15,16). The number of fused-ring (bicyclic) bond motifs is 1. The average molecular weight is 297 g/mol. The summed E-state index contributed by atoms with van der Waals surface area (Å²) in [5, 5.41) is 5.79. The molecule has 0 aliphatic carbocycles. The first-order chi connectivity index (χ1) is 8.58. The zero-order valence-electron chi connectivity index (χ0n) is 9.81. The summed E-state index contributed by atoms with van der Waals surface area (Å²) in [4.78, 5) is 15.3. The van der Waals surface area contributed by atoms with Crippen LogP contribution in [-0.2, 0) is 4.79 Å². The third-order valence-corrected chi connectivity index (χ3v) is 4.30. The Morgan fingerprint density at radius 1 is 1.50 bits per heavy atom. The van der Waals surface area contributed by atoms with E-state index < -0.39 is 0 Å². The van der Waals surface area contributed by atoms with Crippen LogP contribution in [0.15, 0.2) is 22.5 Å². The largest absolute Gasteiger partial charge is 0.332 e. The molecule has 1 aromatic carbocycles. The van der Waals surface area contributed by atoms with Crippen molar-refractivity contribution in [3.8, 4) is 0 Å². The van der Waals surface area contributed by atoms with E-state index in [0.29, 0.717) is 5.11 Å². The highest BCUT2D eigenvalue weighted by atomic mass is 32.2. The predicted molar refractivity (Wildman–Crippen MR) is 81.4 cm³/mol. The summed E-state index contributed by atoms with van der Waals surface area (Å²) in [6.45, 7) is 1.42. The van der Waals surface area contributed by atoms with E-state index in [9.17, 15) is 4.79 Å². The van der Waals surface area contributed by atoms with Crippen LogP contribution < -0.4 is 10.6 Å². The Morgan fingerprint density at radius 3 is 2.94 bits per heavy atom. The Morgan fingerprint density at radius 2 is 2.28 bits per heavy atom. The molecule has 0 radical (unpaired) electrons. The van der Waals surface area contributed by atoms with E-state index in [0.717, 1.165) is 20.2 Å². The molecular weight excluding hydrogens is 286 g/mol. The van der Waals surface area contributed by atoms with Crippen molar-refractivity contribution in [3.05, 3.63) is 18.2 Å². The second-order valence-corrected chi connectivity index (χ2v) is 5.99. The molecule has 0 atom stereocenters. The lowest BCUT2D eigenvalue weighted by molar-refractivity contribution is -0.117. The Bertz CT molecular complexity index is 609. The third kappa shape index (κ3) is 3.18. The van der Waals surface area contributed by atoms with Crippen molar-refractivity contribution in [2.45, 2.75) is 11.3 Å². The molecule has 1 aromatic heterocycles. The number of hydrogen-bond donors (Lipinski definition) is 2. The van der Waals surface area contributed by atoms with Crippen molar-refractivity contribution in [1.82, 2.24) is 10.3 Å². The van der Waals surface area contributed by atoms with Gasteiger partial charge in [0.05, 0.1) is 10.2 Å². The summed E-state index contributed by atoms with van der Waals surface area (Å²) in [6, 6.07) is 5.80. The number of benzene rings is 1. The van der Waals surface area contributed by atoms with Gasteiger partial charge in [0.2, 0.25) is 5.91 Å². The minimum atomic E-state index is -0.184. The molecule has 4 nitrogen and oxygen atoms in total. The van der Waals surface area contributed by atoms with Gasteiger partial charge in [-0.2, -0.15) is 0 Å². The van der Waals surface area contributed by atoms with Crippen LogP contribution in [0.4, 0.5) is 5.69 Å². The van der Waals surface area contributed by atoms with Gasteiger partial charge in [0, 0.05) is 12.6 Å². The Kier molecular flexibility index (Phi) is 4.15. The van der Waals surface area contributed by atoms with E-state index >= 15 is 0 Å². The van der Waals surface area contributed by atoms with Gasteiger partial charge in [0.1, 0.15) is 0 Å². The van der Waals surface area contributed by atoms with Gasteiger partial charge in [-0.3, -0.25) is 4.79 Å². The van der Waals surface area contributed by atoms with E-state index in [1.54, 1.807) is 23.1 Å². The summed E-state index contributed by atoms with van der Waals surface area (Å²) in [5.74, 6) is -0.184. The first-order valence-electron chi connectivity index (χ1n) is 5.11. The third-order valence-electron chi connectivity index (χ3n) is 2.09. The minimum absolute atomic E-state index is 0.184. The van der Waals surface area contributed by atoms with Crippen molar-refractivity contribution in [1.29, 1.82) is 0 Å². The molecule has 0 saturated heterocycles. The van der Waals surface area contributed by atoms with Gasteiger partial charge in [-0.1, -0.05) is 11.8 Å². The van der Waals surface area contributed by atoms with E-state index in [-0.39, 0.29) is 5.91 Å². The maximum Gasteiger partial charge on any atom is 0.222 e. The Labute approximate surface area is 118 Å². The molecule has 2 aromatic rings. The van der Waals surface area contributed by atoms with E-state index in [1.807, 2.05) is 24.5 Å². The maximum absolute atomic E-state index is 10.8. The normalized spacial score (nSPS) is 10.3. The minimum Gasteiger partial charge on any atom is -0.332 e. The van der Waals surface area contributed by atoms with E-state index in [2.05, 4.69) is 15.6 Å². The number of carbonyl (C=O) groups excluding carboxylic acids is 1. The molecule has 2 N–H and O–H groups in total. The fourth-order valence-electron chi connectivity index (χ4n) is 1.39. The van der Waals surface area contributed by atoms with Crippen LogP contribution >= 0.6 is 35.3 Å². The molecule has 1 heterocycles. The lowest BCUT2D eigenvalue weighted by atomic mass is 10.3.